The van der Waals surface area contributed by atoms with E-state index in [1.165, 1.54) is 14.2 Å². The van der Waals surface area contributed by atoms with Gasteiger partial charge in [-0.25, -0.2) is 4.79 Å². The van der Waals surface area contributed by atoms with Gasteiger partial charge in [-0.1, -0.05) is 0 Å². The largest absolute Gasteiger partial charge is 0.479 e. The molecule has 0 aromatic rings. The fourth-order valence-electron chi connectivity index (χ4n) is 0.392. The van der Waals surface area contributed by atoms with Gasteiger partial charge >= 0.3 is 5.97 Å². The minimum Gasteiger partial charge on any atom is -0.479 e. The molecule has 5 heteroatoms. The second-order valence-corrected chi connectivity index (χ2v) is 1.52. The molecule has 0 spiro atoms. The standard InChI is InChI=1S/C5H10O4.Zn/c1-8-3-4(9-2)5(6)7;/h4H,3H2,1-2H3,(H,6,7);. The number of aliphatic carboxylic acids is 1. The summed E-state index contributed by atoms with van der Waals surface area (Å²) >= 11 is 0. The molecule has 0 aromatic heterocycles. The topological polar surface area (TPSA) is 55.8 Å². The number of hydrogen-bond acceptors (Lipinski definition) is 3. The fraction of sp³-hybridized carbons (Fsp3) is 0.800. The van der Waals surface area contributed by atoms with E-state index >= 15 is 0 Å². The van der Waals surface area contributed by atoms with Crippen LogP contribution < -0.4 is 0 Å². The molecule has 0 fully saturated rings. The minimum atomic E-state index is -1.00. The molecule has 10 heavy (non-hydrogen) atoms. The van der Waals surface area contributed by atoms with Crippen LogP contribution in [0.5, 0.6) is 0 Å². The molecule has 0 rings (SSSR count). The summed E-state index contributed by atoms with van der Waals surface area (Å²) in [5.41, 5.74) is 0. The maximum absolute atomic E-state index is 10.1. The van der Waals surface area contributed by atoms with E-state index in [1.807, 2.05) is 0 Å². The van der Waals surface area contributed by atoms with Crippen LogP contribution in [0.4, 0.5) is 0 Å². The zero-order valence-corrected chi connectivity index (χ0v) is 9.13. The summed E-state index contributed by atoms with van der Waals surface area (Å²) < 4.78 is 9.08. The van der Waals surface area contributed by atoms with Crippen molar-refractivity contribution >= 4 is 5.97 Å². The van der Waals surface area contributed by atoms with Crippen molar-refractivity contribution in [1.29, 1.82) is 0 Å². The van der Waals surface area contributed by atoms with Gasteiger partial charge in [-0.2, -0.15) is 0 Å². The average Bonchev–Trinajstić information content (AvgIpc) is 1.82. The monoisotopic (exact) mass is 198 g/mol. The summed E-state index contributed by atoms with van der Waals surface area (Å²) in [5, 5.41) is 8.30. The van der Waals surface area contributed by atoms with Gasteiger partial charge in [-0.3, -0.25) is 0 Å². The molecule has 0 heterocycles. The second-order valence-electron chi connectivity index (χ2n) is 1.52. The maximum atomic E-state index is 10.1. The third-order valence-corrected chi connectivity index (χ3v) is 0.878. The summed E-state index contributed by atoms with van der Waals surface area (Å²) in [5.74, 6) is -1.00. The van der Waals surface area contributed by atoms with Crippen LogP contribution in [0.15, 0.2) is 0 Å². The van der Waals surface area contributed by atoms with Gasteiger partial charge in [0.1, 0.15) is 0 Å². The molecular weight excluding hydrogens is 189 g/mol. The summed E-state index contributed by atoms with van der Waals surface area (Å²) in [7, 11) is 2.76. The van der Waals surface area contributed by atoms with Crippen LogP contribution in [-0.4, -0.2) is 38.0 Å². The molecule has 0 aliphatic carbocycles. The van der Waals surface area contributed by atoms with Gasteiger partial charge in [0.25, 0.3) is 0 Å². The number of carboxylic acid groups (broad SMARTS) is 1. The van der Waals surface area contributed by atoms with E-state index in [-0.39, 0.29) is 26.1 Å². The molecule has 1 atom stereocenters. The van der Waals surface area contributed by atoms with Crippen molar-refractivity contribution in [3.63, 3.8) is 0 Å². The Labute approximate surface area is 72.3 Å². The van der Waals surface area contributed by atoms with E-state index in [2.05, 4.69) is 9.47 Å². The molecule has 0 radical (unpaired) electrons. The third-order valence-electron chi connectivity index (χ3n) is 0.878. The predicted molar refractivity (Wildman–Crippen MR) is 30.3 cm³/mol. The van der Waals surface area contributed by atoms with Crippen LogP contribution in [0.1, 0.15) is 0 Å². The average molecular weight is 200 g/mol. The van der Waals surface area contributed by atoms with Crippen molar-refractivity contribution in [3.05, 3.63) is 0 Å². The Kier molecular flexibility index (Phi) is 9.03. The van der Waals surface area contributed by atoms with Gasteiger partial charge in [-0.05, 0) is 0 Å². The van der Waals surface area contributed by atoms with E-state index in [1.54, 1.807) is 0 Å². The van der Waals surface area contributed by atoms with E-state index in [4.69, 9.17) is 5.11 Å². The molecule has 0 amide bonds. The number of hydrogen-bond donors (Lipinski definition) is 1. The zero-order chi connectivity index (χ0) is 7.28. The van der Waals surface area contributed by atoms with E-state index < -0.39 is 12.1 Å². The minimum absolute atomic E-state index is 0. The van der Waals surface area contributed by atoms with Gasteiger partial charge in [0, 0.05) is 33.7 Å². The van der Waals surface area contributed by atoms with Crippen molar-refractivity contribution in [2.75, 3.05) is 20.8 Å². The van der Waals surface area contributed by atoms with E-state index in [0.29, 0.717) is 0 Å². The molecule has 4 nitrogen and oxygen atoms in total. The first kappa shape index (κ1) is 12.7. The number of carboxylic acids is 1. The molecule has 0 saturated heterocycles. The van der Waals surface area contributed by atoms with Crippen LogP contribution in [0.2, 0.25) is 0 Å². The first-order valence-electron chi connectivity index (χ1n) is 2.47. The van der Waals surface area contributed by atoms with E-state index in [9.17, 15) is 4.79 Å². The Morgan fingerprint density at radius 1 is 1.60 bits per heavy atom. The Balaban J connectivity index is 0. The Hall–Kier alpha value is 0.0134. The first-order chi connectivity index (χ1) is 4.22. The van der Waals surface area contributed by atoms with Crippen LogP contribution >= 0.6 is 0 Å². The predicted octanol–water partition coefficient (Wildman–Crippen LogP) is -0.270. The fourth-order valence-corrected chi connectivity index (χ4v) is 0.392. The molecule has 0 aromatic carbocycles. The zero-order valence-electron chi connectivity index (χ0n) is 6.16. The Morgan fingerprint density at radius 3 is 2.20 bits per heavy atom. The SMILES string of the molecule is COCC(OC)C(=O)O.[Zn]. The van der Waals surface area contributed by atoms with Crippen molar-refractivity contribution in [2.45, 2.75) is 6.10 Å². The van der Waals surface area contributed by atoms with Crippen LogP contribution in [0.25, 0.3) is 0 Å². The Bertz CT molecular complexity index is 95.6. The third kappa shape index (κ3) is 4.85. The van der Waals surface area contributed by atoms with Gasteiger partial charge in [0.05, 0.1) is 6.61 Å². The normalized spacial score (nSPS) is 11.8. The van der Waals surface area contributed by atoms with Crippen molar-refractivity contribution < 1.29 is 38.9 Å². The maximum Gasteiger partial charge on any atom is 0.335 e. The van der Waals surface area contributed by atoms with Crippen molar-refractivity contribution in [1.82, 2.24) is 0 Å². The molecular formula is C5H10O4Zn. The van der Waals surface area contributed by atoms with Gasteiger partial charge in [-0.15, -0.1) is 0 Å². The van der Waals surface area contributed by atoms with Gasteiger partial charge < -0.3 is 14.6 Å². The van der Waals surface area contributed by atoms with E-state index in [0.717, 1.165) is 0 Å². The molecule has 0 aliphatic rings. The number of carbonyl (C=O) groups is 1. The first-order valence-corrected chi connectivity index (χ1v) is 2.47. The number of rotatable bonds is 4. The van der Waals surface area contributed by atoms with Crippen molar-refractivity contribution in [2.24, 2.45) is 0 Å². The summed E-state index contributed by atoms with van der Waals surface area (Å²) in [6.07, 6.45) is -0.838. The summed E-state index contributed by atoms with van der Waals surface area (Å²) in [6, 6.07) is 0. The number of ether oxygens (including phenoxy) is 2. The van der Waals surface area contributed by atoms with Gasteiger partial charge in [0.2, 0.25) is 0 Å². The van der Waals surface area contributed by atoms with Crippen molar-refractivity contribution in [3.8, 4) is 0 Å². The number of methoxy groups -OCH3 is 2. The van der Waals surface area contributed by atoms with Crippen LogP contribution in [-0.2, 0) is 33.7 Å². The molecule has 0 saturated carbocycles. The second kappa shape index (κ2) is 7.12. The Morgan fingerprint density at radius 2 is 2.10 bits per heavy atom. The molecule has 0 bridgehead atoms. The van der Waals surface area contributed by atoms with Crippen LogP contribution in [0.3, 0.4) is 0 Å². The molecule has 0 aliphatic heterocycles. The summed E-state index contributed by atoms with van der Waals surface area (Å²) in [4.78, 5) is 10.1. The molecule has 1 unspecified atom stereocenters. The molecule has 56 valence electrons. The molecule has 1 N–H and O–H groups in total. The van der Waals surface area contributed by atoms with Gasteiger partial charge in [0.15, 0.2) is 6.10 Å². The quantitative estimate of drug-likeness (QED) is 0.634. The smallest absolute Gasteiger partial charge is 0.335 e. The summed E-state index contributed by atoms with van der Waals surface area (Å²) in [6.45, 7) is 0.0891. The van der Waals surface area contributed by atoms with Crippen LogP contribution in [0, 0.1) is 0 Å².